The first-order chi connectivity index (χ1) is 13.8. The smallest absolute Gasteiger partial charge is 0.342 e. The van der Waals surface area contributed by atoms with Crippen molar-refractivity contribution in [3.8, 4) is 11.5 Å². The third-order valence-electron chi connectivity index (χ3n) is 7.84. The monoisotopic (exact) mass is 418 g/mol. The molecule has 4 rings (SSSR count). The van der Waals surface area contributed by atoms with Crippen LogP contribution < -0.4 is 0 Å². The molecule has 3 aliphatic rings. The highest BCUT2D eigenvalue weighted by atomic mass is 16.5. The average molecular weight is 418 g/mol. The number of carbonyl (C=O) groups is 1. The van der Waals surface area contributed by atoms with E-state index in [0.29, 0.717) is 17.6 Å². The lowest BCUT2D eigenvalue weighted by molar-refractivity contribution is -0.261. The number of allylic oxidation sites excluding steroid dienone is 1. The molecule has 1 aromatic carbocycles. The number of hydrogen-bond donors (Lipinski definition) is 5. The first-order valence-corrected chi connectivity index (χ1v) is 10.3. The molecule has 2 saturated carbocycles. The van der Waals surface area contributed by atoms with Gasteiger partial charge in [-0.2, -0.15) is 0 Å². The zero-order valence-electron chi connectivity index (χ0n) is 17.7. The Bertz CT molecular complexity index is 912. The summed E-state index contributed by atoms with van der Waals surface area (Å²) in [6.07, 6.45) is 1.33. The van der Waals surface area contributed by atoms with Crippen LogP contribution in [0.15, 0.2) is 23.8 Å². The van der Waals surface area contributed by atoms with E-state index in [4.69, 9.17) is 4.74 Å². The molecule has 7 nitrogen and oxygen atoms in total. The van der Waals surface area contributed by atoms with E-state index in [1.54, 1.807) is 6.92 Å². The maximum absolute atomic E-state index is 12.6. The zero-order valence-corrected chi connectivity index (χ0v) is 17.7. The van der Waals surface area contributed by atoms with E-state index in [9.17, 15) is 30.3 Å². The molecule has 0 amide bonds. The molecule has 2 fully saturated rings. The van der Waals surface area contributed by atoms with E-state index in [1.807, 2.05) is 26.8 Å². The molecule has 1 aromatic rings. The number of aliphatic hydroxyl groups excluding tert-OH is 2. The zero-order chi connectivity index (χ0) is 22.2. The number of aliphatic hydroxyl groups is 3. The second-order valence-electron chi connectivity index (χ2n) is 10.2. The predicted molar refractivity (Wildman–Crippen MR) is 108 cm³/mol. The summed E-state index contributed by atoms with van der Waals surface area (Å²) < 4.78 is 5.43. The van der Waals surface area contributed by atoms with Crippen molar-refractivity contribution in [3.05, 3.63) is 34.9 Å². The van der Waals surface area contributed by atoms with Crippen molar-refractivity contribution in [2.45, 2.75) is 58.3 Å². The number of carbonyl (C=O) groups excluding carboxylic acids is 1. The van der Waals surface area contributed by atoms with Gasteiger partial charge in [0.25, 0.3) is 0 Å². The highest BCUT2D eigenvalue weighted by molar-refractivity contribution is 5.94. The number of ether oxygens (including phenoxy) is 1. The minimum Gasteiger partial charge on any atom is -0.508 e. The topological polar surface area (TPSA) is 127 Å². The van der Waals surface area contributed by atoms with E-state index >= 15 is 0 Å². The highest BCUT2D eigenvalue weighted by Crippen LogP contribution is 2.68. The van der Waals surface area contributed by atoms with E-state index in [1.165, 1.54) is 6.07 Å². The van der Waals surface area contributed by atoms with Gasteiger partial charge in [-0.3, -0.25) is 0 Å². The van der Waals surface area contributed by atoms with E-state index in [2.05, 4.69) is 0 Å². The second-order valence-corrected chi connectivity index (χ2v) is 10.2. The van der Waals surface area contributed by atoms with Crippen LogP contribution in [0.4, 0.5) is 0 Å². The van der Waals surface area contributed by atoms with E-state index < -0.39 is 29.2 Å². The molecule has 0 unspecified atom stereocenters. The fourth-order valence-corrected chi connectivity index (χ4v) is 6.26. The van der Waals surface area contributed by atoms with Gasteiger partial charge in [0, 0.05) is 17.4 Å². The maximum Gasteiger partial charge on any atom is 0.342 e. The van der Waals surface area contributed by atoms with Gasteiger partial charge in [0.1, 0.15) is 29.3 Å². The highest BCUT2D eigenvalue weighted by Gasteiger charge is 2.73. The van der Waals surface area contributed by atoms with Gasteiger partial charge < -0.3 is 30.3 Å². The fourth-order valence-electron chi connectivity index (χ4n) is 6.26. The Balaban J connectivity index is 1.63. The molecule has 30 heavy (non-hydrogen) atoms. The molecule has 0 radical (unpaired) electrons. The van der Waals surface area contributed by atoms with Gasteiger partial charge >= 0.3 is 5.97 Å². The quantitative estimate of drug-likeness (QED) is 0.375. The molecule has 0 spiro atoms. The summed E-state index contributed by atoms with van der Waals surface area (Å²) in [4.78, 5) is 12.6. The van der Waals surface area contributed by atoms with Gasteiger partial charge in [0.2, 0.25) is 0 Å². The number of benzene rings is 1. The minimum absolute atomic E-state index is 0.00490. The van der Waals surface area contributed by atoms with Crippen LogP contribution in [0, 0.1) is 29.6 Å². The molecule has 0 heterocycles. The maximum atomic E-state index is 12.6. The van der Waals surface area contributed by atoms with Crippen LogP contribution in [0.25, 0.3) is 0 Å². The second kappa shape index (κ2) is 6.45. The summed E-state index contributed by atoms with van der Waals surface area (Å²) in [6.45, 7) is 7.21. The van der Waals surface area contributed by atoms with Crippen molar-refractivity contribution < 1.29 is 35.1 Å². The third-order valence-corrected chi connectivity index (χ3v) is 7.84. The molecule has 0 bridgehead atoms. The molecule has 0 aromatic heterocycles. The van der Waals surface area contributed by atoms with Crippen molar-refractivity contribution in [1.29, 1.82) is 0 Å². The summed E-state index contributed by atoms with van der Waals surface area (Å²) in [6, 6.07) is 2.42. The van der Waals surface area contributed by atoms with Crippen LogP contribution >= 0.6 is 0 Å². The number of aromatic hydroxyl groups is 2. The molecule has 7 heteroatoms. The number of phenols is 2. The Hall–Kier alpha value is -2.09. The van der Waals surface area contributed by atoms with Crippen LogP contribution in [0.1, 0.15) is 49.5 Å². The van der Waals surface area contributed by atoms with E-state index in [-0.39, 0.29) is 40.9 Å². The van der Waals surface area contributed by atoms with Crippen LogP contribution in [-0.2, 0) is 4.74 Å². The van der Waals surface area contributed by atoms with Gasteiger partial charge in [-0.05, 0) is 48.3 Å². The van der Waals surface area contributed by atoms with Crippen molar-refractivity contribution in [2.75, 3.05) is 6.61 Å². The van der Waals surface area contributed by atoms with Crippen LogP contribution in [0.3, 0.4) is 0 Å². The summed E-state index contributed by atoms with van der Waals surface area (Å²) in [5, 5.41) is 52.5. The van der Waals surface area contributed by atoms with Crippen molar-refractivity contribution in [3.63, 3.8) is 0 Å². The molecule has 6 atom stereocenters. The Morgan fingerprint density at radius 2 is 1.83 bits per heavy atom. The summed E-state index contributed by atoms with van der Waals surface area (Å²) >= 11 is 0. The number of esters is 1. The van der Waals surface area contributed by atoms with Gasteiger partial charge in [-0.25, -0.2) is 4.79 Å². The Kier molecular flexibility index (Phi) is 4.55. The SMILES string of the molecule is Cc1cc(O)cc(O)c1C(=O)OCC1=C[C@@H]2CC(C)(C)[C@H](O)[C@@H]2[C@@]2(C)C[C@@H](O)[C@@]12O. The van der Waals surface area contributed by atoms with Crippen LogP contribution in [-0.4, -0.2) is 55.9 Å². The first-order valence-electron chi connectivity index (χ1n) is 10.3. The Labute approximate surface area is 175 Å². The largest absolute Gasteiger partial charge is 0.508 e. The Morgan fingerprint density at radius 3 is 2.43 bits per heavy atom. The Morgan fingerprint density at radius 1 is 1.17 bits per heavy atom. The fraction of sp³-hybridized carbons (Fsp3) is 0.609. The van der Waals surface area contributed by atoms with Gasteiger partial charge in [-0.1, -0.05) is 26.8 Å². The average Bonchev–Trinajstić information content (AvgIpc) is 2.85. The number of aryl methyl sites for hydroxylation is 1. The predicted octanol–water partition coefficient (Wildman–Crippen LogP) is 2.03. The van der Waals surface area contributed by atoms with Crippen molar-refractivity contribution >= 4 is 5.97 Å². The third kappa shape index (κ3) is 2.65. The lowest BCUT2D eigenvalue weighted by atomic mass is 9.44. The molecule has 5 N–H and O–H groups in total. The number of rotatable bonds is 3. The molecule has 164 valence electrons. The van der Waals surface area contributed by atoms with Crippen molar-refractivity contribution in [1.82, 2.24) is 0 Å². The molecular formula is C23H30O7. The standard InChI is InChI=1S/C23H30O7/c1-11-5-14(24)7-15(25)17(11)20(28)30-10-13-6-12-8-21(2,3)19(27)18(12)22(4)9-16(26)23(13,22)29/h5-7,12,16,18-19,24-27,29H,8-10H2,1-4H3/t12-,16-,18-,19-,22-,23+/m1/s1. The van der Waals surface area contributed by atoms with Gasteiger partial charge in [0.05, 0.1) is 12.2 Å². The number of hydrogen-bond acceptors (Lipinski definition) is 7. The number of fused-ring (bicyclic) bond motifs is 3. The summed E-state index contributed by atoms with van der Waals surface area (Å²) in [7, 11) is 0. The van der Waals surface area contributed by atoms with E-state index in [0.717, 1.165) is 12.5 Å². The van der Waals surface area contributed by atoms with Gasteiger partial charge in [0.15, 0.2) is 0 Å². The van der Waals surface area contributed by atoms with Crippen LogP contribution in [0.2, 0.25) is 0 Å². The number of phenolic OH excluding ortho intramolecular Hbond substituents is 2. The van der Waals surface area contributed by atoms with Crippen LogP contribution in [0.5, 0.6) is 11.5 Å². The summed E-state index contributed by atoms with van der Waals surface area (Å²) in [5.41, 5.74) is -1.89. The molecular weight excluding hydrogens is 388 g/mol. The molecule has 3 aliphatic carbocycles. The lowest BCUT2D eigenvalue weighted by Crippen LogP contribution is -2.73. The minimum atomic E-state index is -1.58. The van der Waals surface area contributed by atoms with Crippen molar-refractivity contribution in [2.24, 2.45) is 22.7 Å². The lowest BCUT2D eigenvalue weighted by Gasteiger charge is -2.65. The molecule has 0 saturated heterocycles. The van der Waals surface area contributed by atoms with Gasteiger partial charge in [-0.15, -0.1) is 0 Å². The summed E-state index contributed by atoms with van der Waals surface area (Å²) in [5.74, 6) is -1.51. The first kappa shape index (κ1) is 21.2. The normalized spacial score (nSPS) is 38.8. The molecule has 0 aliphatic heterocycles.